The van der Waals surface area contributed by atoms with Crippen molar-refractivity contribution in [3.63, 3.8) is 0 Å². The zero-order valence-corrected chi connectivity index (χ0v) is 11.0. The summed E-state index contributed by atoms with van der Waals surface area (Å²) in [7, 11) is 0. The van der Waals surface area contributed by atoms with Crippen LogP contribution in [0.5, 0.6) is 0 Å². The van der Waals surface area contributed by atoms with E-state index in [1.807, 2.05) is 6.92 Å². The van der Waals surface area contributed by atoms with E-state index in [9.17, 15) is 9.50 Å². The minimum absolute atomic E-state index is 0.346. The van der Waals surface area contributed by atoms with E-state index in [4.69, 9.17) is 0 Å². The first-order valence-electron chi connectivity index (χ1n) is 5.02. The van der Waals surface area contributed by atoms with Gasteiger partial charge in [0.2, 0.25) is 0 Å². The standard InChI is InChI=1S/C11H11FN2OS2/c1-6(15)8-4-3-5-9(12)10(8)17-11-14-13-7(2)16-11/h3-6,15H,1-2H3. The smallest absolute Gasteiger partial charge is 0.179 e. The van der Waals surface area contributed by atoms with Crippen molar-refractivity contribution in [2.24, 2.45) is 0 Å². The van der Waals surface area contributed by atoms with Crippen molar-refractivity contribution in [3.8, 4) is 0 Å². The molecule has 0 saturated carbocycles. The van der Waals surface area contributed by atoms with E-state index in [0.717, 1.165) is 5.01 Å². The summed E-state index contributed by atoms with van der Waals surface area (Å²) in [5.41, 5.74) is 0.572. The molecule has 1 heterocycles. The van der Waals surface area contributed by atoms with Crippen molar-refractivity contribution in [1.29, 1.82) is 0 Å². The molecule has 0 aliphatic rings. The van der Waals surface area contributed by atoms with Gasteiger partial charge in [-0.1, -0.05) is 35.2 Å². The van der Waals surface area contributed by atoms with Crippen LogP contribution < -0.4 is 0 Å². The van der Waals surface area contributed by atoms with Crippen LogP contribution in [0.2, 0.25) is 0 Å². The van der Waals surface area contributed by atoms with Gasteiger partial charge in [-0.25, -0.2) is 4.39 Å². The number of hydrogen-bond acceptors (Lipinski definition) is 5. The monoisotopic (exact) mass is 270 g/mol. The molecular formula is C11H11FN2OS2. The number of hydrogen-bond donors (Lipinski definition) is 1. The summed E-state index contributed by atoms with van der Waals surface area (Å²) < 4.78 is 14.4. The Hall–Kier alpha value is -0.980. The summed E-state index contributed by atoms with van der Waals surface area (Å²) in [5.74, 6) is -0.346. The first-order chi connectivity index (χ1) is 8.08. The zero-order valence-electron chi connectivity index (χ0n) is 9.35. The molecule has 0 aliphatic carbocycles. The molecule has 0 fully saturated rings. The fourth-order valence-electron chi connectivity index (χ4n) is 1.37. The van der Waals surface area contributed by atoms with E-state index in [0.29, 0.717) is 14.8 Å². The minimum atomic E-state index is -0.706. The van der Waals surface area contributed by atoms with Gasteiger partial charge in [-0.15, -0.1) is 10.2 Å². The van der Waals surface area contributed by atoms with Gasteiger partial charge in [0.25, 0.3) is 0 Å². The number of aromatic nitrogens is 2. The molecule has 1 unspecified atom stereocenters. The molecular weight excluding hydrogens is 259 g/mol. The lowest BCUT2D eigenvalue weighted by Crippen LogP contribution is -1.96. The van der Waals surface area contributed by atoms with Crippen LogP contribution in [0.3, 0.4) is 0 Å². The van der Waals surface area contributed by atoms with Crippen LogP contribution in [0, 0.1) is 12.7 Å². The molecule has 1 aromatic heterocycles. The van der Waals surface area contributed by atoms with E-state index in [-0.39, 0.29) is 5.82 Å². The zero-order chi connectivity index (χ0) is 12.4. The molecule has 6 heteroatoms. The second-order valence-electron chi connectivity index (χ2n) is 3.52. The lowest BCUT2D eigenvalue weighted by molar-refractivity contribution is 0.195. The summed E-state index contributed by atoms with van der Waals surface area (Å²) in [4.78, 5) is 0.415. The highest BCUT2D eigenvalue weighted by molar-refractivity contribution is 8.01. The van der Waals surface area contributed by atoms with Gasteiger partial charge in [0.05, 0.1) is 11.0 Å². The third-order valence-corrected chi connectivity index (χ3v) is 4.17. The Kier molecular flexibility index (Phi) is 3.76. The summed E-state index contributed by atoms with van der Waals surface area (Å²) in [6, 6.07) is 4.68. The maximum atomic E-state index is 13.7. The molecule has 1 N–H and O–H groups in total. The van der Waals surface area contributed by atoms with Crippen LogP contribution in [0.25, 0.3) is 0 Å². The third-order valence-electron chi connectivity index (χ3n) is 2.14. The quantitative estimate of drug-likeness (QED) is 0.930. The molecule has 0 amide bonds. The Morgan fingerprint density at radius 2 is 2.18 bits per heavy atom. The van der Waals surface area contributed by atoms with Crippen molar-refractivity contribution < 1.29 is 9.50 Å². The predicted molar refractivity (Wildman–Crippen MR) is 65.8 cm³/mol. The number of benzene rings is 1. The van der Waals surface area contributed by atoms with Crippen LogP contribution >= 0.6 is 23.1 Å². The average molecular weight is 270 g/mol. The van der Waals surface area contributed by atoms with Crippen LogP contribution in [-0.4, -0.2) is 15.3 Å². The van der Waals surface area contributed by atoms with Crippen molar-refractivity contribution in [3.05, 3.63) is 34.6 Å². The maximum absolute atomic E-state index is 13.7. The van der Waals surface area contributed by atoms with E-state index in [2.05, 4.69) is 10.2 Å². The number of nitrogens with zero attached hydrogens (tertiary/aromatic N) is 2. The predicted octanol–water partition coefficient (Wildman–Crippen LogP) is 3.19. The molecule has 0 spiro atoms. The van der Waals surface area contributed by atoms with Gasteiger partial charge in [0, 0.05) is 0 Å². The normalized spacial score (nSPS) is 12.7. The summed E-state index contributed by atoms with van der Waals surface area (Å²) in [6.07, 6.45) is -0.706. The van der Waals surface area contributed by atoms with Crippen molar-refractivity contribution in [2.45, 2.75) is 29.2 Å². The number of aryl methyl sites for hydroxylation is 1. The van der Waals surface area contributed by atoms with Gasteiger partial charge in [0.15, 0.2) is 4.34 Å². The first-order valence-corrected chi connectivity index (χ1v) is 6.65. The SMILES string of the molecule is Cc1nnc(Sc2c(F)cccc2C(C)O)s1. The average Bonchev–Trinajstić information content (AvgIpc) is 2.67. The molecule has 90 valence electrons. The number of rotatable bonds is 3. The van der Waals surface area contributed by atoms with E-state index in [1.54, 1.807) is 19.1 Å². The molecule has 3 nitrogen and oxygen atoms in total. The van der Waals surface area contributed by atoms with Crippen molar-refractivity contribution >= 4 is 23.1 Å². The second kappa shape index (κ2) is 5.12. The highest BCUT2D eigenvalue weighted by Gasteiger charge is 2.15. The van der Waals surface area contributed by atoms with Gasteiger partial charge in [-0.05, 0) is 25.5 Å². The molecule has 0 radical (unpaired) electrons. The Labute approximate surface area is 107 Å². The van der Waals surface area contributed by atoms with Gasteiger partial charge in [0.1, 0.15) is 10.8 Å². The Morgan fingerprint density at radius 3 is 2.76 bits per heavy atom. The first kappa shape index (κ1) is 12.5. The lowest BCUT2D eigenvalue weighted by atomic mass is 10.1. The van der Waals surface area contributed by atoms with Crippen LogP contribution in [0.4, 0.5) is 4.39 Å². The molecule has 1 aromatic carbocycles. The third kappa shape index (κ3) is 2.83. The topological polar surface area (TPSA) is 46.0 Å². The van der Waals surface area contributed by atoms with E-state index in [1.165, 1.54) is 29.2 Å². The maximum Gasteiger partial charge on any atom is 0.179 e. The molecule has 1 atom stereocenters. The van der Waals surface area contributed by atoms with Crippen molar-refractivity contribution in [2.75, 3.05) is 0 Å². The summed E-state index contributed by atoms with van der Waals surface area (Å²) in [6.45, 7) is 3.46. The lowest BCUT2D eigenvalue weighted by Gasteiger charge is -2.10. The fourth-order valence-corrected chi connectivity index (χ4v) is 3.34. The molecule has 2 aromatic rings. The fraction of sp³-hybridized carbons (Fsp3) is 0.273. The summed E-state index contributed by atoms with van der Waals surface area (Å²) in [5, 5.41) is 18.3. The van der Waals surface area contributed by atoms with Gasteiger partial charge < -0.3 is 5.11 Å². The van der Waals surface area contributed by atoms with Gasteiger partial charge in [-0.2, -0.15) is 0 Å². The largest absolute Gasteiger partial charge is 0.389 e. The molecule has 0 saturated heterocycles. The summed E-state index contributed by atoms with van der Waals surface area (Å²) >= 11 is 2.60. The second-order valence-corrected chi connectivity index (χ2v) is 5.96. The van der Waals surface area contributed by atoms with E-state index >= 15 is 0 Å². The van der Waals surface area contributed by atoms with Gasteiger partial charge >= 0.3 is 0 Å². The molecule has 17 heavy (non-hydrogen) atoms. The number of halogens is 1. The highest BCUT2D eigenvalue weighted by Crippen LogP contribution is 2.36. The molecule has 0 aliphatic heterocycles. The van der Waals surface area contributed by atoms with Crippen LogP contribution in [0.15, 0.2) is 27.4 Å². The Balaban J connectivity index is 2.37. The van der Waals surface area contributed by atoms with Gasteiger partial charge in [-0.3, -0.25) is 0 Å². The van der Waals surface area contributed by atoms with E-state index < -0.39 is 6.10 Å². The van der Waals surface area contributed by atoms with Crippen LogP contribution in [-0.2, 0) is 0 Å². The number of aliphatic hydroxyl groups excluding tert-OH is 1. The Morgan fingerprint density at radius 1 is 1.41 bits per heavy atom. The minimum Gasteiger partial charge on any atom is -0.389 e. The van der Waals surface area contributed by atoms with Crippen LogP contribution in [0.1, 0.15) is 23.6 Å². The highest BCUT2D eigenvalue weighted by atomic mass is 32.2. The number of aliphatic hydroxyl groups is 1. The molecule has 0 bridgehead atoms. The Bertz CT molecular complexity index is 528. The molecule has 2 rings (SSSR count). The van der Waals surface area contributed by atoms with Crippen molar-refractivity contribution in [1.82, 2.24) is 10.2 Å².